The van der Waals surface area contributed by atoms with Crippen molar-refractivity contribution in [2.24, 2.45) is 5.73 Å². The molecule has 3 aromatic rings. The van der Waals surface area contributed by atoms with Crippen LogP contribution in [0.5, 0.6) is 11.5 Å². The summed E-state index contributed by atoms with van der Waals surface area (Å²) >= 11 is 0. The summed E-state index contributed by atoms with van der Waals surface area (Å²) in [5.74, 6) is 1.29. The molecule has 178 valence electrons. The van der Waals surface area contributed by atoms with Gasteiger partial charge in [0.05, 0.1) is 24.6 Å². The number of hydrogen-bond donors (Lipinski definition) is 3. The van der Waals surface area contributed by atoms with Gasteiger partial charge in [-0.1, -0.05) is 12.1 Å². The summed E-state index contributed by atoms with van der Waals surface area (Å²) in [6.07, 6.45) is 2.36. The SMILES string of the molecule is COc1cc2c(cc1Nc1ncc(C(N)=O)c(Nc3ccccc3OC(C)C)n1)CN(C)CC2. The highest BCUT2D eigenvalue weighted by molar-refractivity contribution is 5.98. The Bertz CT molecular complexity index is 1200. The summed E-state index contributed by atoms with van der Waals surface area (Å²) in [5.41, 5.74) is 9.67. The van der Waals surface area contributed by atoms with Crippen LogP contribution in [0.2, 0.25) is 0 Å². The maximum absolute atomic E-state index is 12.1. The van der Waals surface area contributed by atoms with Crippen LogP contribution in [-0.2, 0) is 13.0 Å². The molecule has 0 aliphatic carbocycles. The lowest BCUT2D eigenvalue weighted by molar-refractivity contribution is 0.100. The first-order chi connectivity index (χ1) is 16.3. The molecule has 0 unspecified atom stereocenters. The zero-order valence-corrected chi connectivity index (χ0v) is 19.9. The van der Waals surface area contributed by atoms with E-state index in [2.05, 4.69) is 44.7 Å². The number of methoxy groups -OCH3 is 1. The first-order valence-electron chi connectivity index (χ1n) is 11.2. The molecule has 1 aromatic heterocycles. The number of primary amides is 1. The molecule has 9 nitrogen and oxygen atoms in total. The molecule has 0 spiro atoms. The number of rotatable bonds is 8. The lowest BCUT2D eigenvalue weighted by Crippen LogP contribution is -2.26. The maximum Gasteiger partial charge on any atom is 0.254 e. The molecule has 1 aliphatic heterocycles. The number of carbonyl (C=O) groups excluding carboxylic acids is 1. The number of fused-ring (bicyclic) bond motifs is 1. The molecule has 0 radical (unpaired) electrons. The number of para-hydroxylation sites is 2. The van der Waals surface area contributed by atoms with Gasteiger partial charge in [-0.15, -0.1) is 0 Å². The fraction of sp³-hybridized carbons (Fsp3) is 0.320. The Kier molecular flexibility index (Phi) is 6.83. The van der Waals surface area contributed by atoms with Crippen LogP contribution in [-0.4, -0.2) is 47.6 Å². The molecule has 1 amide bonds. The number of nitrogens with two attached hydrogens (primary N) is 1. The zero-order valence-electron chi connectivity index (χ0n) is 19.9. The third kappa shape index (κ3) is 5.20. The summed E-state index contributed by atoms with van der Waals surface area (Å²) < 4.78 is 11.5. The number of benzene rings is 2. The van der Waals surface area contributed by atoms with Gasteiger partial charge in [-0.25, -0.2) is 4.98 Å². The van der Waals surface area contributed by atoms with Crippen LogP contribution in [0.4, 0.5) is 23.1 Å². The molecule has 0 bridgehead atoms. The monoisotopic (exact) mass is 462 g/mol. The normalized spacial score (nSPS) is 13.3. The van der Waals surface area contributed by atoms with Crippen molar-refractivity contribution in [1.29, 1.82) is 0 Å². The third-order valence-electron chi connectivity index (χ3n) is 5.53. The number of nitrogens with one attached hydrogen (secondary N) is 2. The minimum Gasteiger partial charge on any atom is -0.495 e. The molecule has 0 atom stereocenters. The summed E-state index contributed by atoms with van der Waals surface area (Å²) in [6.45, 7) is 5.76. The van der Waals surface area contributed by atoms with E-state index in [-0.39, 0.29) is 17.5 Å². The van der Waals surface area contributed by atoms with Gasteiger partial charge < -0.3 is 30.7 Å². The van der Waals surface area contributed by atoms with Crippen molar-refractivity contribution in [2.45, 2.75) is 32.9 Å². The highest BCUT2D eigenvalue weighted by Gasteiger charge is 2.19. The number of anilines is 4. The van der Waals surface area contributed by atoms with Gasteiger partial charge in [0.2, 0.25) is 5.95 Å². The molecule has 4 rings (SSSR count). The molecular formula is C25H30N6O3. The summed E-state index contributed by atoms with van der Waals surface area (Å²) in [5, 5.41) is 6.42. The molecule has 2 heterocycles. The van der Waals surface area contributed by atoms with Crippen molar-refractivity contribution >= 4 is 29.0 Å². The van der Waals surface area contributed by atoms with Gasteiger partial charge >= 0.3 is 0 Å². The average Bonchev–Trinajstić information content (AvgIpc) is 2.79. The van der Waals surface area contributed by atoms with Crippen LogP contribution in [0.25, 0.3) is 0 Å². The smallest absolute Gasteiger partial charge is 0.254 e. The van der Waals surface area contributed by atoms with Crippen molar-refractivity contribution in [1.82, 2.24) is 14.9 Å². The van der Waals surface area contributed by atoms with Crippen LogP contribution in [0.15, 0.2) is 42.6 Å². The Labute approximate surface area is 199 Å². The average molecular weight is 463 g/mol. The Morgan fingerprint density at radius 3 is 2.65 bits per heavy atom. The first-order valence-corrected chi connectivity index (χ1v) is 11.2. The second kappa shape index (κ2) is 9.96. The highest BCUT2D eigenvalue weighted by atomic mass is 16.5. The van der Waals surface area contributed by atoms with E-state index >= 15 is 0 Å². The fourth-order valence-electron chi connectivity index (χ4n) is 3.89. The van der Waals surface area contributed by atoms with Crippen LogP contribution in [0, 0.1) is 0 Å². The Balaban J connectivity index is 1.67. The summed E-state index contributed by atoms with van der Waals surface area (Å²) in [4.78, 5) is 23.2. The molecule has 1 aliphatic rings. The van der Waals surface area contributed by atoms with Gasteiger partial charge in [0.15, 0.2) is 0 Å². The van der Waals surface area contributed by atoms with E-state index in [0.717, 1.165) is 25.2 Å². The number of likely N-dealkylation sites (N-methyl/N-ethyl adjacent to an activating group) is 1. The molecule has 34 heavy (non-hydrogen) atoms. The Morgan fingerprint density at radius 1 is 1.12 bits per heavy atom. The largest absolute Gasteiger partial charge is 0.495 e. The van der Waals surface area contributed by atoms with E-state index in [0.29, 0.717) is 23.1 Å². The number of nitrogens with zero attached hydrogens (tertiary/aromatic N) is 3. The van der Waals surface area contributed by atoms with E-state index in [4.69, 9.17) is 15.2 Å². The minimum absolute atomic E-state index is 0.0169. The maximum atomic E-state index is 12.1. The number of carbonyl (C=O) groups is 1. The Hall–Kier alpha value is -3.85. The Morgan fingerprint density at radius 2 is 1.91 bits per heavy atom. The summed E-state index contributed by atoms with van der Waals surface area (Å²) in [6, 6.07) is 11.6. The minimum atomic E-state index is -0.634. The van der Waals surface area contributed by atoms with Gasteiger partial charge in [-0.3, -0.25) is 4.79 Å². The van der Waals surface area contributed by atoms with Gasteiger partial charge in [-0.05, 0) is 62.7 Å². The highest BCUT2D eigenvalue weighted by Crippen LogP contribution is 2.34. The molecule has 0 saturated heterocycles. The van der Waals surface area contributed by atoms with Crippen LogP contribution in [0.3, 0.4) is 0 Å². The van der Waals surface area contributed by atoms with Gasteiger partial charge in [-0.2, -0.15) is 4.98 Å². The van der Waals surface area contributed by atoms with Crippen molar-refractivity contribution in [3.05, 3.63) is 59.3 Å². The molecule has 2 aromatic carbocycles. The number of amides is 1. The lowest BCUT2D eigenvalue weighted by atomic mass is 9.99. The second-order valence-electron chi connectivity index (χ2n) is 8.54. The fourth-order valence-corrected chi connectivity index (χ4v) is 3.89. The van der Waals surface area contributed by atoms with Crippen LogP contribution in [0.1, 0.15) is 35.3 Å². The second-order valence-corrected chi connectivity index (χ2v) is 8.54. The number of ether oxygens (including phenoxy) is 2. The van der Waals surface area contributed by atoms with Crippen molar-refractivity contribution in [3.8, 4) is 11.5 Å². The third-order valence-corrected chi connectivity index (χ3v) is 5.53. The molecule has 0 fully saturated rings. The molecule has 9 heteroatoms. The van der Waals surface area contributed by atoms with E-state index in [1.54, 1.807) is 7.11 Å². The van der Waals surface area contributed by atoms with Crippen LogP contribution >= 0.6 is 0 Å². The van der Waals surface area contributed by atoms with E-state index in [9.17, 15) is 4.79 Å². The topological polar surface area (TPSA) is 115 Å². The van der Waals surface area contributed by atoms with E-state index in [1.807, 2.05) is 38.1 Å². The van der Waals surface area contributed by atoms with Gasteiger partial charge in [0, 0.05) is 19.3 Å². The molecule has 4 N–H and O–H groups in total. The van der Waals surface area contributed by atoms with Crippen molar-refractivity contribution in [3.63, 3.8) is 0 Å². The first kappa shape index (κ1) is 23.3. The molecule has 0 saturated carbocycles. The zero-order chi connectivity index (χ0) is 24.2. The summed E-state index contributed by atoms with van der Waals surface area (Å²) in [7, 11) is 3.74. The quantitative estimate of drug-likeness (QED) is 0.463. The van der Waals surface area contributed by atoms with Crippen molar-refractivity contribution in [2.75, 3.05) is 31.3 Å². The standard InChI is InChI=1S/C25H30N6O3/c1-15(2)34-21-8-6-5-7-19(21)28-24-18(23(26)32)13-27-25(30-24)29-20-11-17-14-31(3)10-9-16(17)12-22(20)33-4/h5-8,11-13,15H,9-10,14H2,1-4H3,(H2,26,32)(H2,27,28,29,30). The number of hydrogen-bond acceptors (Lipinski definition) is 8. The van der Waals surface area contributed by atoms with Crippen LogP contribution < -0.4 is 25.8 Å². The number of aromatic nitrogens is 2. The van der Waals surface area contributed by atoms with Gasteiger partial charge in [0.1, 0.15) is 22.9 Å². The molecular weight excluding hydrogens is 432 g/mol. The van der Waals surface area contributed by atoms with E-state index < -0.39 is 5.91 Å². The van der Waals surface area contributed by atoms with Crippen molar-refractivity contribution < 1.29 is 14.3 Å². The van der Waals surface area contributed by atoms with E-state index in [1.165, 1.54) is 17.3 Å². The predicted octanol–water partition coefficient (Wildman–Crippen LogP) is 3.85. The lowest BCUT2D eigenvalue weighted by Gasteiger charge is -2.26. The predicted molar refractivity (Wildman–Crippen MR) is 132 cm³/mol. The van der Waals surface area contributed by atoms with Gasteiger partial charge in [0.25, 0.3) is 5.91 Å².